The third-order valence-electron chi connectivity index (χ3n) is 7.45. The van der Waals surface area contributed by atoms with Gasteiger partial charge in [-0.3, -0.25) is 9.59 Å². The van der Waals surface area contributed by atoms with E-state index in [-0.39, 0.29) is 43.0 Å². The Morgan fingerprint density at radius 1 is 0.974 bits per heavy atom. The molecule has 200 valence electrons. The molecule has 5 rings (SSSR count). The molecular weight excluding hydrogens is 504 g/mol. The van der Waals surface area contributed by atoms with Gasteiger partial charge in [0.2, 0.25) is 21.8 Å². The van der Waals surface area contributed by atoms with Crippen molar-refractivity contribution in [2.45, 2.75) is 23.3 Å². The van der Waals surface area contributed by atoms with E-state index in [1.54, 1.807) is 24.1 Å². The van der Waals surface area contributed by atoms with Crippen LogP contribution in [0.2, 0.25) is 0 Å². The summed E-state index contributed by atoms with van der Waals surface area (Å²) in [7, 11) is -2.17. The number of carbonyl (C=O) groups is 2. The zero-order valence-corrected chi connectivity index (χ0v) is 22.2. The molecule has 0 unspecified atom stereocenters. The molecule has 0 aliphatic carbocycles. The number of anilines is 1. The largest absolute Gasteiger partial charge is 0.383 e. The third kappa shape index (κ3) is 4.87. The van der Waals surface area contributed by atoms with E-state index >= 15 is 0 Å². The second-order valence-corrected chi connectivity index (χ2v) is 11.6. The van der Waals surface area contributed by atoms with Crippen LogP contribution in [0.1, 0.15) is 12.8 Å². The molecule has 0 saturated carbocycles. The van der Waals surface area contributed by atoms with E-state index in [9.17, 15) is 18.0 Å². The van der Waals surface area contributed by atoms with E-state index in [2.05, 4.69) is 5.32 Å². The van der Waals surface area contributed by atoms with Crippen LogP contribution in [-0.4, -0.2) is 81.5 Å². The molecule has 2 heterocycles. The van der Waals surface area contributed by atoms with Crippen molar-refractivity contribution in [2.24, 2.45) is 0 Å². The van der Waals surface area contributed by atoms with Gasteiger partial charge in [-0.1, -0.05) is 48.5 Å². The number of benzene rings is 3. The van der Waals surface area contributed by atoms with Crippen molar-refractivity contribution in [1.29, 1.82) is 0 Å². The molecule has 0 bridgehead atoms. The van der Waals surface area contributed by atoms with Crippen molar-refractivity contribution in [1.82, 2.24) is 14.5 Å². The number of sulfonamides is 1. The summed E-state index contributed by atoms with van der Waals surface area (Å²) in [5, 5.41) is 4.61. The van der Waals surface area contributed by atoms with Crippen molar-refractivity contribution < 1.29 is 22.7 Å². The van der Waals surface area contributed by atoms with E-state index < -0.39 is 15.6 Å². The molecule has 2 aliphatic heterocycles. The maximum atomic E-state index is 13.8. The summed E-state index contributed by atoms with van der Waals surface area (Å²) in [6.45, 7) is 1.37. The number of hydrogen-bond donors (Lipinski definition) is 1. The number of para-hydroxylation sites is 1. The fraction of sp³-hybridized carbons (Fsp3) is 0.357. The summed E-state index contributed by atoms with van der Waals surface area (Å²) in [6.07, 6.45) is 0.657. The molecule has 3 aromatic carbocycles. The molecule has 0 radical (unpaired) electrons. The number of amides is 2. The van der Waals surface area contributed by atoms with E-state index in [0.717, 1.165) is 16.5 Å². The number of nitrogens with one attached hydrogen (secondary N) is 1. The highest BCUT2D eigenvalue weighted by Crippen LogP contribution is 2.40. The van der Waals surface area contributed by atoms with Gasteiger partial charge in [-0.25, -0.2) is 8.42 Å². The monoisotopic (exact) mass is 536 g/mol. The van der Waals surface area contributed by atoms with Crippen molar-refractivity contribution in [2.75, 3.05) is 51.5 Å². The van der Waals surface area contributed by atoms with Crippen LogP contribution in [0.25, 0.3) is 10.8 Å². The van der Waals surface area contributed by atoms with Gasteiger partial charge < -0.3 is 19.9 Å². The number of methoxy groups -OCH3 is 1. The van der Waals surface area contributed by atoms with Crippen LogP contribution in [0.3, 0.4) is 0 Å². The lowest BCUT2D eigenvalue weighted by Crippen LogP contribution is -2.57. The molecule has 1 spiro atoms. The Morgan fingerprint density at radius 3 is 2.37 bits per heavy atom. The van der Waals surface area contributed by atoms with Crippen molar-refractivity contribution in [3.05, 3.63) is 72.8 Å². The molecule has 2 aliphatic rings. The Labute approximate surface area is 223 Å². The summed E-state index contributed by atoms with van der Waals surface area (Å²) < 4.78 is 33.6. The predicted molar refractivity (Wildman–Crippen MR) is 145 cm³/mol. The van der Waals surface area contributed by atoms with Crippen LogP contribution in [0.4, 0.5) is 5.69 Å². The van der Waals surface area contributed by atoms with Gasteiger partial charge in [-0.15, -0.1) is 0 Å². The minimum atomic E-state index is -3.73. The van der Waals surface area contributed by atoms with Crippen LogP contribution in [0.15, 0.2) is 77.7 Å². The first kappa shape index (κ1) is 26.1. The molecule has 2 saturated heterocycles. The van der Waals surface area contributed by atoms with Crippen LogP contribution in [0.5, 0.6) is 0 Å². The lowest BCUT2D eigenvalue weighted by Gasteiger charge is -2.42. The summed E-state index contributed by atoms with van der Waals surface area (Å²) in [5.74, 6) is -0.400. The first-order chi connectivity index (χ1) is 18.3. The average Bonchev–Trinajstić information content (AvgIpc) is 3.19. The maximum absolute atomic E-state index is 13.8. The van der Waals surface area contributed by atoms with Gasteiger partial charge in [0.15, 0.2) is 0 Å². The van der Waals surface area contributed by atoms with Crippen LogP contribution in [0, 0.1) is 0 Å². The van der Waals surface area contributed by atoms with Crippen molar-refractivity contribution >= 4 is 38.3 Å². The molecule has 9 nitrogen and oxygen atoms in total. The number of hydrogen-bond acceptors (Lipinski definition) is 6. The Balaban J connectivity index is 1.37. The first-order valence-corrected chi connectivity index (χ1v) is 14.2. The van der Waals surface area contributed by atoms with Gasteiger partial charge in [-0.2, -0.15) is 4.31 Å². The van der Waals surface area contributed by atoms with Gasteiger partial charge in [0.05, 0.1) is 18.2 Å². The van der Waals surface area contributed by atoms with Crippen LogP contribution >= 0.6 is 0 Å². The predicted octanol–water partition coefficient (Wildman–Crippen LogP) is 2.43. The summed E-state index contributed by atoms with van der Waals surface area (Å²) in [4.78, 5) is 30.1. The van der Waals surface area contributed by atoms with Gasteiger partial charge in [0.25, 0.3) is 0 Å². The number of piperidine rings is 1. The number of carbonyl (C=O) groups excluding carboxylic acids is 2. The van der Waals surface area contributed by atoms with Crippen LogP contribution in [-0.2, 0) is 24.3 Å². The Bertz CT molecular complexity index is 1420. The first-order valence-electron chi connectivity index (χ1n) is 12.7. The third-order valence-corrected chi connectivity index (χ3v) is 9.35. The molecule has 2 fully saturated rings. The second kappa shape index (κ2) is 10.7. The minimum absolute atomic E-state index is 0.0628. The van der Waals surface area contributed by atoms with E-state index in [1.807, 2.05) is 65.6 Å². The zero-order valence-electron chi connectivity index (χ0n) is 21.4. The van der Waals surface area contributed by atoms with E-state index in [1.165, 1.54) is 4.31 Å². The summed E-state index contributed by atoms with van der Waals surface area (Å²) in [5.41, 5.74) is -0.0437. The van der Waals surface area contributed by atoms with Gasteiger partial charge in [0, 0.05) is 32.4 Å². The van der Waals surface area contributed by atoms with Gasteiger partial charge in [0.1, 0.15) is 12.1 Å². The highest BCUT2D eigenvalue weighted by molar-refractivity contribution is 7.89. The number of ether oxygens (including phenoxy) is 1. The minimum Gasteiger partial charge on any atom is -0.383 e. The lowest BCUT2D eigenvalue weighted by molar-refractivity contribution is -0.137. The molecular formula is C28H32N4O5S. The standard InChI is InChI=1S/C28H32N4O5S/c1-37-18-15-29-26(33)20-30-21-32(24-9-3-2-4-10-24)28(27(30)34)13-16-31(17-14-28)38(35,36)25-12-11-22-7-5-6-8-23(22)19-25/h2-12,19H,13-18,20-21H2,1H3,(H,29,33). The number of nitrogens with zero attached hydrogens (tertiary/aromatic N) is 3. The molecule has 0 aromatic heterocycles. The normalized spacial score (nSPS) is 17.9. The fourth-order valence-corrected chi connectivity index (χ4v) is 6.89. The molecule has 10 heteroatoms. The highest BCUT2D eigenvalue weighted by atomic mass is 32.2. The second-order valence-electron chi connectivity index (χ2n) is 9.70. The van der Waals surface area contributed by atoms with Crippen molar-refractivity contribution in [3.63, 3.8) is 0 Å². The fourth-order valence-electron chi connectivity index (χ4n) is 5.42. The van der Waals surface area contributed by atoms with Gasteiger partial charge in [-0.05, 0) is 47.9 Å². The molecule has 3 aromatic rings. The number of rotatable bonds is 8. The molecule has 38 heavy (non-hydrogen) atoms. The number of fused-ring (bicyclic) bond motifs is 1. The summed E-state index contributed by atoms with van der Waals surface area (Å²) >= 11 is 0. The van der Waals surface area contributed by atoms with Crippen molar-refractivity contribution in [3.8, 4) is 0 Å². The Morgan fingerprint density at radius 2 is 1.66 bits per heavy atom. The zero-order chi connectivity index (χ0) is 26.8. The molecule has 2 amide bonds. The maximum Gasteiger partial charge on any atom is 0.250 e. The van der Waals surface area contributed by atoms with Crippen LogP contribution < -0.4 is 10.2 Å². The quantitative estimate of drug-likeness (QED) is 0.444. The van der Waals surface area contributed by atoms with Gasteiger partial charge >= 0.3 is 0 Å². The highest BCUT2D eigenvalue weighted by Gasteiger charge is 2.55. The van der Waals surface area contributed by atoms with E-state index in [4.69, 9.17) is 4.74 Å². The Hall–Kier alpha value is -3.47. The smallest absolute Gasteiger partial charge is 0.250 e. The lowest BCUT2D eigenvalue weighted by atomic mass is 9.86. The summed E-state index contributed by atoms with van der Waals surface area (Å²) in [6, 6.07) is 22.4. The Kier molecular flexibility index (Phi) is 7.38. The average molecular weight is 537 g/mol. The van der Waals surface area contributed by atoms with E-state index in [0.29, 0.717) is 26.0 Å². The molecule has 1 N–H and O–H groups in total. The topological polar surface area (TPSA) is 99.3 Å². The molecule has 0 atom stereocenters. The SMILES string of the molecule is COCCNC(=O)CN1CN(c2ccccc2)C2(CCN(S(=O)(=O)c3ccc4ccccc4c3)CC2)C1=O.